The highest BCUT2D eigenvalue weighted by atomic mass is 16.2. The van der Waals surface area contributed by atoms with Gasteiger partial charge in [-0.05, 0) is 39.5 Å². The highest BCUT2D eigenvalue weighted by molar-refractivity contribution is 5.99. The monoisotopic (exact) mass is 366 g/mol. The van der Waals surface area contributed by atoms with Crippen LogP contribution in [0.1, 0.15) is 49.5 Å². The number of likely N-dealkylation sites (tertiary alicyclic amines) is 1. The number of piperidine rings is 1. The average Bonchev–Trinajstić information content (AvgIpc) is 2.69. The number of anilines is 1. The van der Waals surface area contributed by atoms with Crippen LogP contribution in [0.5, 0.6) is 0 Å². The topological polar surface area (TPSA) is 49.3 Å². The van der Waals surface area contributed by atoms with Gasteiger partial charge in [0.15, 0.2) is 5.82 Å². The summed E-state index contributed by atoms with van der Waals surface area (Å²) >= 11 is 0. The number of rotatable bonds is 5. The summed E-state index contributed by atoms with van der Waals surface area (Å²) in [5.74, 6) is 2.16. The number of benzene rings is 1. The molecule has 5 heteroatoms. The molecule has 5 nitrogen and oxygen atoms in total. The molecule has 0 saturated carbocycles. The summed E-state index contributed by atoms with van der Waals surface area (Å²) < 4.78 is 0. The van der Waals surface area contributed by atoms with Crippen LogP contribution < -0.4 is 4.90 Å². The Bertz CT molecular complexity index is 775. The van der Waals surface area contributed by atoms with Gasteiger partial charge in [0.1, 0.15) is 11.4 Å². The van der Waals surface area contributed by atoms with Crippen LogP contribution in [0.2, 0.25) is 0 Å². The predicted octanol–water partition coefficient (Wildman–Crippen LogP) is 4.17. The molecule has 1 aliphatic heterocycles. The van der Waals surface area contributed by atoms with Crippen molar-refractivity contribution in [1.29, 1.82) is 0 Å². The van der Waals surface area contributed by atoms with Gasteiger partial charge in [0.2, 0.25) is 0 Å². The van der Waals surface area contributed by atoms with Crippen molar-refractivity contribution >= 4 is 11.7 Å². The largest absolute Gasteiger partial charge is 0.356 e. The van der Waals surface area contributed by atoms with Gasteiger partial charge < -0.3 is 9.80 Å². The Kier molecular flexibility index (Phi) is 6.09. The Hall–Kier alpha value is -2.43. The molecule has 3 rings (SSSR count). The van der Waals surface area contributed by atoms with Gasteiger partial charge in [-0.1, -0.05) is 36.8 Å². The minimum Gasteiger partial charge on any atom is -0.356 e. The van der Waals surface area contributed by atoms with Crippen LogP contribution in [0, 0.1) is 12.8 Å². The Labute approximate surface area is 162 Å². The summed E-state index contributed by atoms with van der Waals surface area (Å²) in [6.07, 6.45) is 3.85. The number of hydrogen-bond acceptors (Lipinski definition) is 4. The van der Waals surface area contributed by atoms with Crippen molar-refractivity contribution in [2.24, 2.45) is 5.92 Å². The third-order valence-electron chi connectivity index (χ3n) is 5.44. The number of aryl methyl sites for hydroxylation is 1. The second-order valence-electron chi connectivity index (χ2n) is 7.44. The molecule has 2 heterocycles. The van der Waals surface area contributed by atoms with Crippen molar-refractivity contribution in [1.82, 2.24) is 14.9 Å². The number of carbonyl (C=O) groups excluding carboxylic acids is 1. The standard InChI is InChI=1S/C22H30N4O/c1-5-25(6-2)21-19(22(27)26-13-11-17(4)12-14-26)15-23-20(24-21)18-9-7-16(3)8-10-18/h7-10,15,17H,5-6,11-14H2,1-4H3. The molecule has 0 bridgehead atoms. The van der Waals surface area contributed by atoms with Gasteiger partial charge in [-0.3, -0.25) is 4.79 Å². The normalized spacial score (nSPS) is 15.0. The van der Waals surface area contributed by atoms with E-state index in [1.807, 2.05) is 17.0 Å². The molecular formula is C22H30N4O. The molecule has 1 amide bonds. The second-order valence-corrected chi connectivity index (χ2v) is 7.44. The average molecular weight is 367 g/mol. The Balaban J connectivity index is 1.97. The van der Waals surface area contributed by atoms with E-state index in [4.69, 9.17) is 4.98 Å². The molecule has 0 radical (unpaired) electrons. The molecule has 1 aromatic carbocycles. The Morgan fingerprint density at radius 2 is 1.78 bits per heavy atom. The van der Waals surface area contributed by atoms with Crippen LogP contribution in [-0.2, 0) is 0 Å². The van der Waals surface area contributed by atoms with Crippen molar-refractivity contribution in [3.05, 3.63) is 41.6 Å². The molecule has 0 N–H and O–H groups in total. The lowest BCUT2D eigenvalue weighted by atomic mass is 9.99. The van der Waals surface area contributed by atoms with E-state index in [9.17, 15) is 4.79 Å². The van der Waals surface area contributed by atoms with E-state index in [0.29, 0.717) is 17.3 Å². The van der Waals surface area contributed by atoms with Crippen LogP contribution in [0.3, 0.4) is 0 Å². The predicted molar refractivity (Wildman–Crippen MR) is 110 cm³/mol. The van der Waals surface area contributed by atoms with E-state index in [0.717, 1.165) is 50.4 Å². The van der Waals surface area contributed by atoms with Crippen molar-refractivity contribution in [3.8, 4) is 11.4 Å². The first-order valence-corrected chi connectivity index (χ1v) is 10.0. The zero-order valence-electron chi connectivity index (χ0n) is 16.9. The third-order valence-corrected chi connectivity index (χ3v) is 5.44. The molecule has 1 aromatic heterocycles. The first-order chi connectivity index (χ1) is 13.0. The van der Waals surface area contributed by atoms with Gasteiger partial charge in [0.05, 0.1) is 0 Å². The molecule has 27 heavy (non-hydrogen) atoms. The quantitative estimate of drug-likeness (QED) is 0.797. The van der Waals surface area contributed by atoms with Crippen LogP contribution in [0.25, 0.3) is 11.4 Å². The number of amides is 1. The van der Waals surface area contributed by atoms with E-state index in [1.54, 1.807) is 6.20 Å². The molecule has 0 aliphatic carbocycles. The summed E-state index contributed by atoms with van der Waals surface area (Å²) in [7, 11) is 0. The highest BCUT2D eigenvalue weighted by Crippen LogP contribution is 2.26. The molecular weight excluding hydrogens is 336 g/mol. The summed E-state index contributed by atoms with van der Waals surface area (Å²) in [5, 5.41) is 0. The number of nitrogens with zero attached hydrogens (tertiary/aromatic N) is 4. The van der Waals surface area contributed by atoms with Gasteiger partial charge in [0.25, 0.3) is 5.91 Å². The summed E-state index contributed by atoms with van der Waals surface area (Å²) in [4.78, 5) is 26.6. The number of carbonyl (C=O) groups is 1. The Morgan fingerprint density at radius 1 is 1.15 bits per heavy atom. The summed E-state index contributed by atoms with van der Waals surface area (Å²) in [5.41, 5.74) is 2.79. The zero-order chi connectivity index (χ0) is 19.4. The van der Waals surface area contributed by atoms with Gasteiger partial charge in [-0.15, -0.1) is 0 Å². The van der Waals surface area contributed by atoms with E-state index < -0.39 is 0 Å². The van der Waals surface area contributed by atoms with E-state index in [1.165, 1.54) is 5.56 Å². The van der Waals surface area contributed by atoms with Crippen LogP contribution >= 0.6 is 0 Å². The van der Waals surface area contributed by atoms with E-state index in [2.05, 4.69) is 49.7 Å². The van der Waals surface area contributed by atoms with Crippen molar-refractivity contribution < 1.29 is 4.79 Å². The third kappa shape index (κ3) is 4.29. The molecule has 0 unspecified atom stereocenters. The van der Waals surface area contributed by atoms with E-state index in [-0.39, 0.29) is 5.91 Å². The first-order valence-electron chi connectivity index (χ1n) is 10.0. The second kappa shape index (κ2) is 8.51. The fourth-order valence-electron chi connectivity index (χ4n) is 3.51. The highest BCUT2D eigenvalue weighted by Gasteiger charge is 2.26. The maximum Gasteiger partial charge on any atom is 0.259 e. The summed E-state index contributed by atoms with van der Waals surface area (Å²) in [6, 6.07) is 8.18. The van der Waals surface area contributed by atoms with Gasteiger partial charge in [0, 0.05) is 37.9 Å². The van der Waals surface area contributed by atoms with Crippen molar-refractivity contribution in [2.75, 3.05) is 31.1 Å². The molecule has 1 saturated heterocycles. The Morgan fingerprint density at radius 3 is 2.37 bits per heavy atom. The first kappa shape index (κ1) is 19.3. The van der Waals surface area contributed by atoms with Crippen molar-refractivity contribution in [3.63, 3.8) is 0 Å². The minimum absolute atomic E-state index is 0.0549. The molecule has 1 aliphatic rings. The molecule has 2 aromatic rings. The molecule has 1 fully saturated rings. The van der Waals surface area contributed by atoms with Crippen LogP contribution in [0.15, 0.2) is 30.5 Å². The molecule has 144 valence electrons. The molecule has 0 atom stereocenters. The van der Waals surface area contributed by atoms with Gasteiger partial charge in [-0.2, -0.15) is 0 Å². The zero-order valence-corrected chi connectivity index (χ0v) is 16.9. The van der Waals surface area contributed by atoms with Gasteiger partial charge in [-0.25, -0.2) is 9.97 Å². The number of hydrogen-bond donors (Lipinski definition) is 0. The summed E-state index contributed by atoms with van der Waals surface area (Å²) in [6.45, 7) is 11.7. The van der Waals surface area contributed by atoms with E-state index >= 15 is 0 Å². The minimum atomic E-state index is 0.0549. The fraction of sp³-hybridized carbons (Fsp3) is 0.500. The van der Waals surface area contributed by atoms with Gasteiger partial charge >= 0.3 is 0 Å². The lowest BCUT2D eigenvalue weighted by Crippen LogP contribution is -2.39. The maximum atomic E-state index is 13.2. The van der Waals surface area contributed by atoms with Crippen molar-refractivity contribution in [2.45, 2.75) is 40.5 Å². The van der Waals surface area contributed by atoms with Crippen LogP contribution in [-0.4, -0.2) is 47.0 Å². The fourth-order valence-corrected chi connectivity index (χ4v) is 3.51. The molecule has 0 spiro atoms. The lowest BCUT2D eigenvalue weighted by molar-refractivity contribution is 0.0697. The number of aromatic nitrogens is 2. The SMILES string of the molecule is CCN(CC)c1nc(-c2ccc(C)cc2)ncc1C(=O)N1CCC(C)CC1. The maximum absolute atomic E-state index is 13.2. The smallest absolute Gasteiger partial charge is 0.259 e. The lowest BCUT2D eigenvalue weighted by Gasteiger charge is -2.31. The van der Waals surface area contributed by atoms with Crippen LogP contribution in [0.4, 0.5) is 5.82 Å².